The van der Waals surface area contributed by atoms with Gasteiger partial charge < -0.3 is 14.7 Å². The Balaban J connectivity index is 1.88. The molecule has 3 aromatic rings. The van der Waals surface area contributed by atoms with Gasteiger partial charge in [0.15, 0.2) is 17.1 Å². The van der Waals surface area contributed by atoms with Crippen molar-refractivity contribution in [3.05, 3.63) is 58.5 Å². The van der Waals surface area contributed by atoms with Gasteiger partial charge in [-0.1, -0.05) is 13.0 Å². The molecule has 2 aromatic heterocycles. The number of carboxylic acid groups (broad SMARTS) is 1. The minimum atomic E-state index is -1.08. The number of carbonyl (C=O) groups is 1. The SMILES string of the molecule is CCc1c(N2CCCC2)cc(OCc2c(F)cccc2F)c2nc(C)c(C(=O)O)n12. The Hall–Kier alpha value is -3.16. The molecule has 0 spiro atoms. The van der Waals surface area contributed by atoms with Crippen molar-refractivity contribution < 1.29 is 23.4 Å². The number of aryl methyl sites for hydroxylation is 2. The van der Waals surface area contributed by atoms with Crippen LogP contribution in [-0.2, 0) is 13.0 Å². The number of ether oxygens (including phenoxy) is 1. The number of fused-ring (bicyclic) bond motifs is 1. The highest BCUT2D eigenvalue weighted by atomic mass is 19.1. The number of halogens is 2. The topological polar surface area (TPSA) is 67.1 Å². The number of hydrogen-bond donors (Lipinski definition) is 1. The lowest BCUT2D eigenvalue weighted by Gasteiger charge is -2.24. The van der Waals surface area contributed by atoms with Gasteiger partial charge in [-0.25, -0.2) is 18.6 Å². The Bertz CT molecular complexity index is 1100. The van der Waals surface area contributed by atoms with Crippen LogP contribution < -0.4 is 9.64 Å². The number of carboxylic acids is 1. The van der Waals surface area contributed by atoms with Crippen molar-refractivity contribution >= 4 is 17.3 Å². The van der Waals surface area contributed by atoms with Crippen LogP contribution in [-0.4, -0.2) is 33.6 Å². The van der Waals surface area contributed by atoms with Gasteiger partial charge in [0.2, 0.25) is 0 Å². The van der Waals surface area contributed by atoms with Crippen molar-refractivity contribution in [2.45, 2.75) is 39.7 Å². The van der Waals surface area contributed by atoms with Crippen molar-refractivity contribution in [2.75, 3.05) is 18.0 Å². The summed E-state index contributed by atoms with van der Waals surface area (Å²) in [5, 5.41) is 9.79. The smallest absolute Gasteiger partial charge is 0.354 e. The normalized spacial score (nSPS) is 13.9. The fraction of sp³-hybridized carbons (Fsp3) is 0.364. The lowest BCUT2D eigenvalue weighted by molar-refractivity contribution is 0.0688. The van der Waals surface area contributed by atoms with Gasteiger partial charge in [-0.2, -0.15) is 0 Å². The molecule has 6 nitrogen and oxygen atoms in total. The van der Waals surface area contributed by atoms with Gasteiger partial charge in [0.05, 0.1) is 16.9 Å². The van der Waals surface area contributed by atoms with Crippen LogP contribution in [0.1, 0.15) is 47.2 Å². The number of anilines is 1. The van der Waals surface area contributed by atoms with Crippen LogP contribution in [0.4, 0.5) is 14.5 Å². The fourth-order valence-corrected chi connectivity index (χ4v) is 4.09. The molecule has 0 radical (unpaired) electrons. The van der Waals surface area contributed by atoms with Gasteiger partial charge in [-0.15, -0.1) is 0 Å². The highest BCUT2D eigenvalue weighted by Crippen LogP contribution is 2.35. The first-order chi connectivity index (χ1) is 14.4. The first kappa shape index (κ1) is 20.1. The third kappa shape index (κ3) is 3.36. The molecule has 3 heterocycles. The molecule has 1 fully saturated rings. The lowest BCUT2D eigenvalue weighted by Crippen LogP contribution is -2.21. The van der Waals surface area contributed by atoms with Crippen LogP contribution in [0.3, 0.4) is 0 Å². The molecule has 1 aliphatic rings. The summed E-state index contributed by atoms with van der Waals surface area (Å²) in [6, 6.07) is 5.46. The summed E-state index contributed by atoms with van der Waals surface area (Å²) in [6.07, 6.45) is 2.69. The van der Waals surface area contributed by atoms with E-state index in [1.54, 1.807) is 11.3 Å². The van der Waals surface area contributed by atoms with E-state index in [1.807, 2.05) is 13.0 Å². The van der Waals surface area contributed by atoms with E-state index < -0.39 is 17.6 Å². The van der Waals surface area contributed by atoms with Gasteiger partial charge >= 0.3 is 5.97 Å². The average Bonchev–Trinajstić information content (AvgIpc) is 3.34. The summed E-state index contributed by atoms with van der Waals surface area (Å²) >= 11 is 0. The molecule has 0 bridgehead atoms. The Morgan fingerprint density at radius 3 is 2.50 bits per heavy atom. The molecule has 0 atom stereocenters. The Morgan fingerprint density at radius 2 is 1.90 bits per heavy atom. The second-order valence-corrected chi connectivity index (χ2v) is 7.39. The zero-order chi connectivity index (χ0) is 21.4. The average molecular weight is 415 g/mol. The molecule has 0 aliphatic carbocycles. The van der Waals surface area contributed by atoms with Crippen LogP contribution >= 0.6 is 0 Å². The van der Waals surface area contributed by atoms with Crippen LogP contribution in [0, 0.1) is 18.6 Å². The predicted molar refractivity (Wildman–Crippen MR) is 108 cm³/mol. The van der Waals surface area contributed by atoms with E-state index in [0.717, 1.165) is 37.3 Å². The van der Waals surface area contributed by atoms with Crippen LogP contribution in [0.5, 0.6) is 5.75 Å². The maximum Gasteiger partial charge on any atom is 0.354 e. The van der Waals surface area contributed by atoms with Crippen LogP contribution in [0.2, 0.25) is 0 Å². The molecular weight excluding hydrogens is 392 g/mol. The van der Waals surface area contributed by atoms with Crippen molar-refractivity contribution in [2.24, 2.45) is 0 Å². The molecule has 30 heavy (non-hydrogen) atoms. The quantitative estimate of drug-likeness (QED) is 0.648. The molecule has 0 unspecified atom stereocenters. The summed E-state index contributed by atoms with van der Waals surface area (Å²) in [4.78, 5) is 18.6. The number of imidazole rings is 1. The highest BCUT2D eigenvalue weighted by molar-refractivity contribution is 5.89. The minimum absolute atomic E-state index is 0.0739. The van der Waals surface area contributed by atoms with Crippen molar-refractivity contribution in [3.8, 4) is 5.75 Å². The minimum Gasteiger partial charge on any atom is -0.485 e. The molecule has 4 rings (SSSR count). The van der Waals surface area contributed by atoms with Crippen molar-refractivity contribution in [1.82, 2.24) is 9.38 Å². The van der Waals surface area contributed by atoms with Gasteiger partial charge in [-0.3, -0.25) is 4.40 Å². The molecule has 1 N–H and O–H groups in total. The molecule has 1 saturated heterocycles. The Kier molecular flexibility index (Phi) is 5.32. The first-order valence-corrected chi connectivity index (χ1v) is 10.0. The van der Waals surface area contributed by atoms with E-state index in [0.29, 0.717) is 23.5 Å². The number of benzene rings is 1. The molecule has 1 aromatic carbocycles. The number of aromatic nitrogens is 2. The van der Waals surface area contributed by atoms with E-state index in [9.17, 15) is 18.7 Å². The largest absolute Gasteiger partial charge is 0.485 e. The first-order valence-electron chi connectivity index (χ1n) is 10.0. The van der Waals surface area contributed by atoms with Crippen molar-refractivity contribution in [3.63, 3.8) is 0 Å². The van der Waals surface area contributed by atoms with E-state index in [4.69, 9.17) is 4.74 Å². The van der Waals surface area contributed by atoms with E-state index in [2.05, 4.69) is 9.88 Å². The summed E-state index contributed by atoms with van der Waals surface area (Å²) in [6.45, 7) is 4.98. The van der Waals surface area contributed by atoms with Gasteiger partial charge in [0, 0.05) is 24.8 Å². The number of rotatable bonds is 6. The highest BCUT2D eigenvalue weighted by Gasteiger charge is 2.26. The Labute approximate surface area is 172 Å². The molecule has 8 heteroatoms. The maximum atomic E-state index is 14.1. The predicted octanol–water partition coefficient (Wildman–Crippen LogP) is 4.36. The zero-order valence-corrected chi connectivity index (χ0v) is 16.9. The van der Waals surface area contributed by atoms with E-state index in [-0.39, 0.29) is 17.9 Å². The summed E-state index contributed by atoms with van der Waals surface area (Å²) < 4.78 is 35.6. The second kappa shape index (κ2) is 7.93. The van der Waals surface area contributed by atoms with E-state index in [1.165, 1.54) is 18.2 Å². The molecule has 1 aliphatic heterocycles. The lowest BCUT2D eigenvalue weighted by atomic mass is 10.2. The Morgan fingerprint density at radius 1 is 1.23 bits per heavy atom. The van der Waals surface area contributed by atoms with Crippen molar-refractivity contribution in [1.29, 1.82) is 0 Å². The van der Waals surface area contributed by atoms with Gasteiger partial charge in [0.1, 0.15) is 18.2 Å². The van der Waals surface area contributed by atoms with Gasteiger partial charge in [-0.05, 0) is 38.3 Å². The maximum absolute atomic E-state index is 14.1. The molecular formula is C22H23F2N3O3. The number of hydrogen-bond acceptors (Lipinski definition) is 4. The number of nitrogens with zero attached hydrogens (tertiary/aromatic N) is 3. The molecule has 0 saturated carbocycles. The van der Waals surface area contributed by atoms with Crippen LogP contribution in [0.25, 0.3) is 5.65 Å². The monoisotopic (exact) mass is 415 g/mol. The molecule has 0 amide bonds. The number of aromatic carboxylic acids is 1. The van der Waals surface area contributed by atoms with Crippen LogP contribution in [0.15, 0.2) is 24.3 Å². The third-order valence-electron chi connectivity index (χ3n) is 5.52. The molecule has 158 valence electrons. The summed E-state index contributed by atoms with van der Waals surface area (Å²) in [7, 11) is 0. The number of pyridine rings is 1. The summed E-state index contributed by atoms with van der Waals surface area (Å²) in [5.74, 6) is -2.17. The van der Waals surface area contributed by atoms with Gasteiger partial charge in [0.25, 0.3) is 0 Å². The third-order valence-corrected chi connectivity index (χ3v) is 5.52. The standard InChI is InChI=1S/C22H23F2N3O3/c1-3-17-18(26-9-4-5-10-26)11-19(21-25-13(2)20(22(28)29)27(17)21)30-12-14-15(23)7-6-8-16(14)24/h6-8,11H,3-5,9-10,12H2,1-2H3,(H,28,29). The fourth-order valence-electron chi connectivity index (χ4n) is 4.09. The zero-order valence-electron chi connectivity index (χ0n) is 16.9. The second-order valence-electron chi connectivity index (χ2n) is 7.39. The van der Waals surface area contributed by atoms with E-state index >= 15 is 0 Å². The summed E-state index contributed by atoms with van der Waals surface area (Å²) in [5.41, 5.74) is 2.28.